The first-order chi connectivity index (χ1) is 11.5. The number of fused-ring (bicyclic) bond motifs is 5. The lowest BCUT2D eigenvalue weighted by molar-refractivity contribution is -0.304. The van der Waals surface area contributed by atoms with E-state index in [0.717, 1.165) is 25.7 Å². The Labute approximate surface area is 147 Å². The quantitative estimate of drug-likeness (QED) is 0.669. The van der Waals surface area contributed by atoms with Crippen LogP contribution in [0.25, 0.3) is 0 Å². The van der Waals surface area contributed by atoms with E-state index in [1.165, 1.54) is 0 Å². The predicted octanol–water partition coefficient (Wildman–Crippen LogP) is 4.89. The number of hydrogen-bond acceptors (Lipinski definition) is 2. The van der Waals surface area contributed by atoms with Crippen molar-refractivity contribution in [1.82, 2.24) is 0 Å². The fraction of sp³-hybridized carbons (Fsp3) is 0.950. The van der Waals surface area contributed by atoms with E-state index in [4.69, 9.17) is 0 Å². The number of aliphatic hydroxyl groups is 1. The summed E-state index contributed by atoms with van der Waals surface area (Å²) in [6.07, 6.45) is 1.05. The van der Waals surface area contributed by atoms with E-state index < -0.39 is 17.2 Å². The first kappa shape index (κ1) is 17.8. The van der Waals surface area contributed by atoms with E-state index in [-0.39, 0.29) is 23.7 Å². The van der Waals surface area contributed by atoms with Gasteiger partial charge in [-0.3, -0.25) is 4.79 Å². The van der Waals surface area contributed by atoms with Gasteiger partial charge in [0.05, 0.1) is 0 Å². The molecule has 4 saturated carbocycles. The average molecular weight is 358 g/mol. The third-order valence-electron chi connectivity index (χ3n) is 9.10. The Hall–Kier alpha value is -0.580. The van der Waals surface area contributed by atoms with Crippen LogP contribution in [0, 0.1) is 34.5 Å². The number of hydrogen-bond donors (Lipinski definition) is 1. The molecule has 4 aliphatic rings. The minimum Gasteiger partial charge on any atom is -0.380 e. The molecule has 0 radical (unpaired) electrons. The maximum atomic E-state index is 13.7. The minimum atomic E-state index is -4.55. The molecule has 0 aromatic heterocycles. The number of rotatable bonds is 0. The summed E-state index contributed by atoms with van der Waals surface area (Å²) < 4.78 is 41.1. The first-order valence-corrected chi connectivity index (χ1v) is 9.84. The highest BCUT2D eigenvalue weighted by Crippen LogP contribution is 2.70. The molecule has 4 rings (SSSR count). The number of carbonyl (C=O) groups is 1. The smallest absolute Gasteiger partial charge is 0.380 e. The van der Waals surface area contributed by atoms with Gasteiger partial charge in [-0.2, -0.15) is 13.2 Å². The van der Waals surface area contributed by atoms with Crippen molar-refractivity contribution in [2.75, 3.05) is 0 Å². The predicted molar refractivity (Wildman–Crippen MR) is 87.7 cm³/mol. The average Bonchev–Trinajstić information content (AvgIpc) is 2.81. The van der Waals surface area contributed by atoms with E-state index in [2.05, 4.69) is 6.92 Å². The van der Waals surface area contributed by atoms with E-state index >= 15 is 0 Å². The van der Waals surface area contributed by atoms with Gasteiger partial charge in [-0.25, -0.2) is 0 Å². The SMILES string of the molecule is C[C@]12CCC(=O)C[C@@H]1CC[C@@H]1[C@@H]2CC[C@@]2(C)[C@H]1CC[C@@]2(O)C(F)(F)F. The van der Waals surface area contributed by atoms with Crippen LogP contribution < -0.4 is 0 Å². The van der Waals surface area contributed by atoms with Crippen LogP contribution in [0.3, 0.4) is 0 Å². The first-order valence-electron chi connectivity index (χ1n) is 9.84. The molecule has 4 aliphatic carbocycles. The van der Waals surface area contributed by atoms with E-state index in [1.54, 1.807) is 6.92 Å². The maximum absolute atomic E-state index is 13.7. The van der Waals surface area contributed by atoms with Gasteiger partial charge >= 0.3 is 6.18 Å². The van der Waals surface area contributed by atoms with Crippen molar-refractivity contribution >= 4 is 5.78 Å². The lowest BCUT2D eigenvalue weighted by atomic mass is 9.44. The molecule has 0 spiro atoms. The summed E-state index contributed by atoms with van der Waals surface area (Å²) in [4.78, 5) is 11.9. The van der Waals surface area contributed by atoms with Crippen LogP contribution in [0.2, 0.25) is 0 Å². The topological polar surface area (TPSA) is 37.3 Å². The molecule has 0 aliphatic heterocycles. The fourth-order valence-corrected chi connectivity index (χ4v) is 7.53. The second-order valence-corrected chi connectivity index (χ2v) is 9.75. The van der Waals surface area contributed by atoms with Crippen LogP contribution in [0.15, 0.2) is 0 Å². The summed E-state index contributed by atoms with van der Waals surface area (Å²) in [5.74, 6) is 1.39. The standard InChI is InChI=1S/C20H29F3O2/c1-17-8-5-13(24)11-12(17)3-4-14-15(17)6-9-18(2)16(14)7-10-19(18,25)20(21,22)23/h12,14-16,25H,3-11H2,1-2H3/t12-,14+,15-,16-,17-,18-,19-/m0/s1. The molecule has 0 saturated heterocycles. The van der Waals surface area contributed by atoms with Gasteiger partial charge in [-0.1, -0.05) is 13.8 Å². The lowest BCUT2D eigenvalue weighted by Crippen LogP contribution is -2.60. The largest absolute Gasteiger partial charge is 0.417 e. The van der Waals surface area contributed by atoms with Gasteiger partial charge < -0.3 is 5.11 Å². The molecule has 1 N–H and O–H groups in total. The van der Waals surface area contributed by atoms with Crippen LogP contribution in [-0.4, -0.2) is 22.7 Å². The van der Waals surface area contributed by atoms with Crippen LogP contribution in [-0.2, 0) is 4.79 Å². The van der Waals surface area contributed by atoms with Crippen molar-refractivity contribution in [3.05, 3.63) is 0 Å². The highest BCUT2D eigenvalue weighted by molar-refractivity contribution is 5.79. The van der Waals surface area contributed by atoms with Crippen LogP contribution in [0.1, 0.15) is 71.6 Å². The summed E-state index contributed by atoms with van der Waals surface area (Å²) >= 11 is 0. The Balaban J connectivity index is 1.66. The van der Waals surface area contributed by atoms with Gasteiger partial charge in [0.1, 0.15) is 5.78 Å². The van der Waals surface area contributed by atoms with Crippen LogP contribution >= 0.6 is 0 Å². The summed E-state index contributed by atoms with van der Waals surface area (Å²) in [5, 5.41) is 10.6. The Kier molecular flexibility index (Phi) is 3.73. The molecule has 7 atom stereocenters. The molecule has 142 valence electrons. The van der Waals surface area contributed by atoms with Crippen molar-refractivity contribution in [2.45, 2.75) is 83.4 Å². The number of ketones is 1. The normalized spacial score (nSPS) is 53.1. The van der Waals surface area contributed by atoms with E-state index in [1.807, 2.05) is 0 Å². The van der Waals surface area contributed by atoms with Gasteiger partial charge in [0, 0.05) is 18.3 Å². The molecular formula is C20H29F3O2. The summed E-state index contributed by atoms with van der Waals surface area (Å²) in [7, 11) is 0. The van der Waals surface area contributed by atoms with Crippen molar-refractivity contribution in [3.8, 4) is 0 Å². The molecule has 0 heterocycles. The number of carbonyl (C=O) groups excluding carboxylic acids is 1. The van der Waals surface area contributed by atoms with E-state index in [9.17, 15) is 23.1 Å². The molecule has 0 unspecified atom stereocenters. The second kappa shape index (κ2) is 5.24. The Bertz CT molecular complexity index is 588. The van der Waals surface area contributed by atoms with Crippen molar-refractivity contribution in [3.63, 3.8) is 0 Å². The Morgan fingerprint density at radius 1 is 1.00 bits per heavy atom. The molecule has 5 heteroatoms. The summed E-state index contributed by atoms with van der Waals surface area (Å²) in [6, 6.07) is 0. The lowest BCUT2D eigenvalue weighted by Gasteiger charge is -2.61. The zero-order valence-corrected chi connectivity index (χ0v) is 15.2. The van der Waals surface area contributed by atoms with Crippen LogP contribution in [0.5, 0.6) is 0 Å². The molecule has 0 aromatic carbocycles. The number of halogens is 3. The molecule has 4 fully saturated rings. The highest BCUT2D eigenvalue weighted by atomic mass is 19.4. The third kappa shape index (κ3) is 2.17. The van der Waals surface area contributed by atoms with Gasteiger partial charge in [0.15, 0.2) is 5.60 Å². The van der Waals surface area contributed by atoms with Crippen molar-refractivity contribution in [2.24, 2.45) is 34.5 Å². The Morgan fingerprint density at radius 3 is 2.36 bits per heavy atom. The zero-order valence-electron chi connectivity index (χ0n) is 15.2. The molecular weight excluding hydrogens is 329 g/mol. The van der Waals surface area contributed by atoms with Crippen LogP contribution in [0.4, 0.5) is 13.2 Å². The zero-order chi connectivity index (χ0) is 18.3. The fourth-order valence-electron chi connectivity index (χ4n) is 7.53. The Morgan fingerprint density at radius 2 is 1.68 bits per heavy atom. The van der Waals surface area contributed by atoms with Gasteiger partial charge in [-0.05, 0) is 74.0 Å². The molecule has 0 amide bonds. The molecule has 0 aromatic rings. The molecule has 0 bridgehead atoms. The monoisotopic (exact) mass is 358 g/mol. The van der Waals surface area contributed by atoms with E-state index in [0.29, 0.717) is 43.3 Å². The van der Waals surface area contributed by atoms with Gasteiger partial charge in [0.2, 0.25) is 0 Å². The second-order valence-electron chi connectivity index (χ2n) is 9.75. The highest BCUT2D eigenvalue weighted by Gasteiger charge is 2.72. The number of alkyl halides is 3. The summed E-state index contributed by atoms with van der Waals surface area (Å²) in [6.45, 7) is 3.97. The van der Waals surface area contributed by atoms with Crippen molar-refractivity contribution in [1.29, 1.82) is 0 Å². The maximum Gasteiger partial charge on any atom is 0.417 e. The third-order valence-corrected chi connectivity index (χ3v) is 9.10. The number of Topliss-reactive ketones (excluding diaryl/α,β-unsaturated/α-hetero) is 1. The molecule has 2 nitrogen and oxygen atoms in total. The van der Waals surface area contributed by atoms with Gasteiger partial charge in [-0.15, -0.1) is 0 Å². The minimum absolute atomic E-state index is 0.0479. The van der Waals surface area contributed by atoms with Gasteiger partial charge in [0.25, 0.3) is 0 Å². The summed E-state index contributed by atoms with van der Waals surface area (Å²) in [5.41, 5.74) is -3.49. The molecule has 25 heavy (non-hydrogen) atoms. The van der Waals surface area contributed by atoms with Crippen molar-refractivity contribution < 1.29 is 23.1 Å².